The summed E-state index contributed by atoms with van der Waals surface area (Å²) in [5.41, 5.74) is 0.547. The zero-order chi connectivity index (χ0) is 21.0. The molecule has 0 N–H and O–H groups in total. The Morgan fingerprint density at radius 2 is 1.66 bits per heavy atom. The van der Waals surface area contributed by atoms with Crippen LogP contribution in [0, 0.1) is 0 Å². The summed E-state index contributed by atoms with van der Waals surface area (Å²) in [6, 6.07) is 5.30. The number of benzene rings is 1. The quantitative estimate of drug-likeness (QED) is 0.444. The molecule has 1 aliphatic heterocycles. The number of hydrogen-bond acceptors (Lipinski definition) is 7. The molecule has 1 aromatic carbocycles. The minimum atomic E-state index is -4.72. The molecule has 0 spiro atoms. The fourth-order valence-corrected chi connectivity index (χ4v) is 2.44. The van der Waals surface area contributed by atoms with E-state index in [-0.39, 0.29) is 25.2 Å². The Bertz CT molecular complexity index is 611. The molecule has 1 aliphatic rings. The van der Waals surface area contributed by atoms with Crippen molar-refractivity contribution in [2.45, 2.75) is 39.0 Å². The lowest BCUT2D eigenvalue weighted by Gasteiger charge is -2.12. The number of unbranched alkanes of at least 4 members (excludes halogenated alkanes) is 3. The molecule has 0 radical (unpaired) electrons. The van der Waals surface area contributed by atoms with E-state index in [1.165, 1.54) is 48.5 Å². The summed E-state index contributed by atoms with van der Waals surface area (Å²) in [7, 11) is 0. The van der Waals surface area contributed by atoms with Crippen LogP contribution in [-0.2, 0) is 18.9 Å². The second kappa shape index (κ2) is 12.4. The molecule has 0 saturated carbocycles. The van der Waals surface area contributed by atoms with Crippen molar-refractivity contribution < 1.29 is 36.9 Å². The maximum atomic E-state index is 12.2. The number of halogens is 3. The Morgan fingerprint density at radius 3 is 2.34 bits per heavy atom. The first-order valence-corrected chi connectivity index (χ1v) is 9.61. The minimum absolute atomic E-state index is 0.0800. The third kappa shape index (κ3) is 9.71. The second-order valence-corrected chi connectivity index (χ2v) is 6.21. The third-order valence-corrected chi connectivity index (χ3v) is 3.85. The van der Waals surface area contributed by atoms with Gasteiger partial charge in [-0.25, -0.2) is 5.01 Å². The van der Waals surface area contributed by atoms with Crippen molar-refractivity contribution in [3.63, 3.8) is 0 Å². The predicted octanol–water partition coefficient (Wildman–Crippen LogP) is 4.28. The number of hydrogen-bond donors (Lipinski definition) is 0. The predicted molar refractivity (Wildman–Crippen MR) is 101 cm³/mol. The lowest BCUT2D eigenvalue weighted by molar-refractivity contribution is -0.274. The van der Waals surface area contributed by atoms with Gasteiger partial charge in [0.1, 0.15) is 12.4 Å². The van der Waals surface area contributed by atoms with Gasteiger partial charge in [0, 0.05) is 6.61 Å². The molecule has 2 rings (SSSR count). The van der Waals surface area contributed by atoms with Gasteiger partial charge in [-0.1, -0.05) is 31.3 Å². The number of ether oxygens (including phenoxy) is 5. The Hall–Kier alpha value is -2.20. The summed E-state index contributed by atoms with van der Waals surface area (Å²) in [6.45, 7) is 4.69. The Labute approximate surface area is 168 Å². The van der Waals surface area contributed by atoms with Crippen LogP contribution in [0.2, 0.25) is 0 Å². The van der Waals surface area contributed by atoms with Crippen molar-refractivity contribution in [1.82, 2.24) is 0 Å². The molecule has 0 atom stereocenters. The number of anilines is 1. The van der Waals surface area contributed by atoms with Crippen molar-refractivity contribution in [1.29, 1.82) is 0 Å². The maximum Gasteiger partial charge on any atom is 0.573 e. The molecule has 0 bridgehead atoms. The van der Waals surface area contributed by atoms with Crippen LogP contribution in [0.25, 0.3) is 0 Å². The van der Waals surface area contributed by atoms with Gasteiger partial charge >= 0.3 is 12.4 Å². The molecule has 0 aliphatic carbocycles. The van der Waals surface area contributed by atoms with Crippen LogP contribution in [0.3, 0.4) is 0 Å². The molecule has 29 heavy (non-hydrogen) atoms. The highest BCUT2D eigenvalue weighted by atomic mass is 19.4. The second-order valence-electron chi connectivity index (χ2n) is 6.21. The van der Waals surface area contributed by atoms with Gasteiger partial charge < -0.3 is 23.7 Å². The Morgan fingerprint density at radius 1 is 0.966 bits per heavy atom. The van der Waals surface area contributed by atoms with Crippen LogP contribution >= 0.6 is 0 Å². The van der Waals surface area contributed by atoms with Gasteiger partial charge in [0.15, 0.2) is 6.73 Å². The fourth-order valence-electron chi connectivity index (χ4n) is 2.44. The average Bonchev–Trinajstić information content (AvgIpc) is 3.14. The monoisotopic (exact) mass is 420 g/mol. The van der Waals surface area contributed by atoms with Gasteiger partial charge in [-0.15, -0.1) is 13.2 Å². The molecule has 0 amide bonds. The molecule has 0 unspecified atom stereocenters. The van der Waals surface area contributed by atoms with Gasteiger partial charge in [-0.2, -0.15) is 0 Å². The molecular weight excluding hydrogens is 393 g/mol. The standard InChI is InChI=1S/C19H27F3N2O5/c1-2-3-4-5-10-25-11-12-26-13-14-27-18-23-24(15-28-18)16-6-8-17(9-7-16)29-19(20,21)22/h6-9H,2-5,10-15H2,1H3. The molecule has 164 valence electrons. The van der Waals surface area contributed by atoms with E-state index >= 15 is 0 Å². The van der Waals surface area contributed by atoms with Gasteiger partial charge in [0.05, 0.1) is 25.5 Å². The van der Waals surface area contributed by atoms with E-state index < -0.39 is 6.36 Å². The highest BCUT2D eigenvalue weighted by Crippen LogP contribution is 2.26. The fraction of sp³-hybridized carbons (Fsp3) is 0.632. The summed E-state index contributed by atoms with van der Waals surface area (Å²) in [4.78, 5) is 0. The number of nitrogens with zero attached hydrogens (tertiary/aromatic N) is 2. The SMILES string of the molecule is CCCCCCOCCOCCOC1=NN(c2ccc(OC(F)(F)F)cc2)CO1. The number of rotatable bonds is 13. The Kier molecular flexibility index (Phi) is 9.85. The highest BCUT2D eigenvalue weighted by Gasteiger charge is 2.31. The molecule has 1 heterocycles. The first-order chi connectivity index (χ1) is 14.0. The van der Waals surface area contributed by atoms with Crippen LogP contribution < -0.4 is 9.75 Å². The Balaban J connectivity index is 1.57. The lowest BCUT2D eigenvalue weighted by Crippen LogP contribution is -2.17. The van der Waals surface area contributed by atoms with E-state index in [4.69, 9.17) is 18.9 Å². The zero-order valence-corrected chi connectivity index (χ0v) is 16.5. The van der Waals surface area contributed by atoms with Gasteiger partial charge in [0.2, 0.25) is 0 Å². The summed E-state index contributed by atoms with van der Waals surface area (Å²) < 4.78 is 61.9. The van der Waals surface area contributed by atoms with Crippen LogP contribution in [-0.4, -0.2) is 52.2 Å². The summed E-state index contributed by atoms with van der Waals surface area (Å²) in [5.74, 6) is -0.302. The van der Waals surface area contributed by atoms with E-state index in [2.05, 4.69) is 16.8 Å². The molecule has 0 saturated heterocycles. The van der Waals surface area contributed by atoms with Crippen LogP contribution in [0.15, 0.2) is 29.4 Å². The van der Waals surface area contributed by atoms with Crippen molar-refractivity contribution in [3.05, 3.63) is 24.3 Å². The number of hydrazone groups is 1. The summed E-state index contributed by atoms with van der Waals surface area (Å²) in [6.07, 6.45) is 0.0623. The third-order valence-electron chi connectivity index (χ3n) is 3.85. The minimum Gasteiger partial charge on any atom is -0.447 e. The number of alkyl halides is 3. The smallest absolute Gasteiger partial charge is 0.447 e. The van der Waals surface area contributed by atoms with Crippen LogP contribution in [0.5, 0.6) is 5.75 Å². The lowest BCUT2D eigenvalue weighted by atomic mass is 10.2. The van der Waals surface area contributed by atoms with E-state index in [9.17, 15) is 13.2 Å². The van der Waals surface area contributed by atoms with Crippen molar-refractivity contribution in [2.75, 3.05) is 44.8 Å². The molecule has 1 aromatic rings. The van der Waals surface area contributed by atoms with Crippen molar-refractivity contribution in [3.8, 4) is 5.75 Å². The molecular formula is C19H27F3N2O5. The van der Waals surface area contributed by atoms with E-state index in [1.54, 1.807) is 0 Å². The normalized spacial score (nSPS) is 13.9. The summed E-state index contributed by atoms with van der Waals surface area (Å²) >= 11 is 0. The average molecular weight is 420 g/mol. The molecule has 0 fully saturated rings. The zero-order valence-electron chi connectivity index (χ0n) is 16.5. The molecule has 10 heteroatoms. The van der Waals surface area contributed by atoms with E-state index in [1.807, 2.05) is 0 Å². The van der Waals surface area contributed by atoms with Crippen molar-refractivity contribution >= 4 is 11.8 Å². The topological polar surface area (TPSA) is 61.8 Å². The van der Waals surface area contributed by atoms with Crippen molar-refractivity contribution in [2.24, 2.45) is 5.10 Å². The maximum absolute atomic E-state index is 12.2. The van der Waals surface area contributed by atoms with Gasteiger partial charge in [-0.3, -0.25) is 0 Å². The first kappa shape index (κ1) is 23.1. The molecule has 7 nitrogen and oxygen atoms in total. The first-order valence-electron chi connectivity index (χ1n) is 9.61. The summed E-state index contributed by atoms with van der Waals surface area (Å²) in [5, 5.41) is 5.57. The highest BCUT2D eigenvalue weighted by molar-refractivity contribution is 5.71. The van der Waals surface area contributed by atoms with E-state index in [0.717, 1.165) is 13.0 Å². The molecule has 0 aromatic heterocycles. The van der Waals surface area contributed by atoms with Gasteiger partial charge in [-0.05, 0) is 30.7 Å². The van der Waals surface area contributed by atoms with Crippen LogP contribution in [0.1, 0.15) is 32.6 Å². The largest absolute Gasteiger partial charge is 0.573 e. The van der Waals surface area contributed by atoms with Gasteiger partial charge in [0.25, 0.3) is 0 Å². The van der Waals surface area contributed by atoms with E-state index in [0.29, 0.717) is 25.5 Å². The van der Waals surface area contributed by atoms with Crippen LogP contribution in [0.4, 0.5) is 18.9 Å².